The molecule has 0 unspecified atom stereocenters. The Hall–Kier alpha value is 0.429. The maximum atomic E-state index is 4.75. The first kappa shape index (κ1) is 17.5. The first-order valence-electron chi connectivity index (χ1n) is 6.96. The Balaban J connectivity index is 0.00000180. The standard InChI is InChI=1S/C14H22N2S2.Ir/c1-3-5-7-11-9-17-13(15-11)14-16-12(10-18-14)8-6-4-2;/h3-10H2,1-2H3;/q;+3. The van der Waals surface area contributed by atoms with E-state index in [1.165, 1.54) is 47.2 Å². The maximum absolute atomic E-state index is 4.75. The van der Waals surface area contributed by atoms with Crippen LogP contribution in [0.25, 0.3) is 0 Å². The molecule has 0 aliphatic carbocycles. The second-order valence-electron chi connectivity index (χ2n) is 4.75. The van der Waals surface area contributed by atoms with Gasteiger partial charge in [0, 0.05) is 22.9 Å². The Morgan fingerprint density at radius 3 is 1.63 bits per heavy atom. The summed E-state index contributed by atoms with van der Waals surface area (Å²) in [6.07, 6.45) is 7.36. The van der Waals surface area contributed by atoms with Gasteiger partial charge in [0.2, 0.25) is 0 Å². The minimum Gasteiger partial charge on any atom is -0.247 e. The van der Waals surface area contributed by atoms with Crippen LogP contribution in [0.5, 0.6) is 0 Å². The van der Waals surface area contributed by atoms with Gasteiger partial charge in [-0.2, -0.15) is 0 Å². The summed E-state index contributed by atoms with van der Waals surface area (Å²) < 4.78 is 0. The van der Waals surface area contributed by atoms with Gasteiger partial charge in [0.1, 0.15) is 10.1 Å². The molecule has 5 heteroatoms. The predicted octanol–water partition coefficient (Wildman–Crippen LogP) is 4.87. The average molecular weight is 475 g/mol. The van der Waals surface area contributed by atoms with Crippen molar-refractivity contribution in [2.24, 2.45) is 9.98 Å². The molecule has 19 heavy (non-hydrogen) atoms. The normalized spacial score (nSPS) is 22.2. The number of hydrogen-bond donors (Lipinski definition) is 0. The van der Waals surface area contributed by atoms with E-state index in [4.69, 9.17) is 9.98 Å². The van der Waals surface area contributed by atoms with Gasteiger partial charge in [0.05, 0.1) is 0 Å². The van der Waals surface area contributed by atoms with Crippen LogP contribution in [0.4, 0.5) is 0 Å². The molecule has 0 saturated heterocycles. The van der Waals surface area contributed by atoms with E-state index in [1.807, 2.05) is 23.5 Å². The van der Waals surface area contributed by atoms with Crippen LogP contribution in [-0.4, -0.2) is 22.9 Å². The van der Waals surface area contributed by atoms with Crippen molar-refractivity contribution in [3.05, 3.63) is 10.1 Å². The number of aliphatic imine (C=N–C) groups is 2. The summed E-state index contributed by atoms with van der Waals surface area (Å²) in [5, 5.41) is 2.36. The molecule has 0 N–H and O–H groups in total. The number of rotatable bonds is 6. The molecule has 2 rings (SSSR count). The minimum absolute atomic E-state index is 0. The first-order valence-corrected chi connectivity index (χ1v) is 8.93. The van der Waals surface area contributed by atoms with Crippen LogP contribution in [0.15, 0.2) is 20.0 Å². The van der Waals surface area contributed by atoms with Gasteiger partial charge >= 0.3 is 20.1 Å². The van der Waals surface area contributed by atoms with Crippen LogP contribution < -0.4 is 0 Å². The van der Waals surface area contributed by atoms with Crippen molar-refractivity contribution in [1.82, 2.24) is 0 Å². The fourth-order valence-corrected chi connectivity index (χ4v) is 4.06. The second kappa shape index (κ2) is 9.38. The average Bonchev–Trinajstić information content (AvgIpc) is 3.02. The van der Waals surface area contributed by atoms with E-state index in [0.717, 1.165) is 24.3 Å². The fraction of sp³-hybridized carbons (Fsp3) is 0.714. The molecule has 0 saturated carbocycles. The predicted molar refractivity (Wildman–Crippen MR) is 85.9 cm³/mol. The third-order valence-corrected chi connectivity index (χ3v) is 5.29. The molecule has 0 bridgehead atoms. The number of thioether (sulfide) groups is 2. The van der Waals surface area contributed by atoms with Crippen molar-refractivity contribution in [1.29, 1.82) is 0 Å². The molecule has 0 aromatic heterocycles. The molecule has 106 valence electrons. The zero-order valence-electron chi connectivity index (χ0n) is 11.7. The third kappa shape index (κ3) is 5.37. The largest absolute Gasteiger partial charge is 3.00 e. The van der Waals surface area contributed by atoms with Crippen LogP contribution in [0.3, 0.4) is 0 Å². The van der Waals surface area contributed by atoms with Gasteiger partial charge in [-0.15, -0.1) is 0 Å². The van der Waals surface area contributed by atoms with Crippen LogP contribution >= 0.6 is 23.5 Å². The Kier molecular flexibility index (Phi) is 8.63. The molecule has 0 amide bonds. The van der Waals surface area contributed by atoms with Crippen LogP contribution in [0, 0.1) is 0 Å². The topological polar surface area (TPSA) is 24.7 Å². The third-order valence-electron chi connectivity index (χ3n) is 3.09. The molecule has 2 aliphatic rings. The summed E-state index contributed by atoms with van der Waals surface area (Å²) >= 11 is 3.74. The molecule has 0 radical (unpaired) electrons. The smallest absolute Gasteiger partial charge is 0.247 e. The van der Waals surface area contributed by atoms with Gasteiger partial charge in [-0.3, -0.25) is 0 Å². The molecule has 0 spiro atoms. The molecular formula is C14H22IrN2S2+3. The van der Waals surface area contributed by atoms with Crippen molar-refractivity contribution < 1.29 is 20.1 Å². The molecular weight excluding hydrogens is 453 g/mol. The van der Waals surface area contributed by atoms with E-state index in [2.05, 4.69) is 13.8 Å². The van der Waals surface area contributed by atoms with E-state index in [1.54, 1.807) is 0 Å². The Labute approximate surface area is 138 Å². The number of nitrogens with zero attached hydrogens (tertiary/aromatic N) is 2. The van der Waals surface area contributed by atoms with E-state index >= 15 is 0 Å². The molecule has 2 heterocycles. The van der Waals surface area contributed by atoms with Gasteiger partial charge in [-0.1, -0.05) is 50.2 Å². The van der Waals surface area contributed by atoms with Crippen molar-refractivity contribution in [3.63, 3.8) is 0 Å². The Morgan fingerprint density at radius 2 is 1.26 bits per heavy atom. The molecule has 2 nitrogen and oxygen atoms in total. The maximum Gasteiger partial charge on any atom is 3.00 e. The van der Waals surface area contributed by atoms with Gasteiger partial charge in [0.15, 0.2) is 0 Å². The zero-order valence-corrected chi connectivity index (χ0v) is 15.7. The van der Waals surface area contributed by atoms with Crippen LogP contribution in [0.2, 0.25) is 0 Å². The number of hydrogen-bond acceptors (Lipinski definition) is 4. The fourth-order valence-electron chi connectivity index (χ4n) is 1.96. The monoisotopic (exact) mass is 475 g/mol. The second-order valence-corrected chi connectivity index (χ2v) is 6.68. The molecule has 2 aliphatic heterocycles. The summed E-state index contributed by atoms with van der Waals surface area (Å²) in [6.45, 7) is 4.47. The quantitative estimate of drug-likeness (QED) is 0.549. The Morgan fingerprint density at radius 1 is 0.842 bits per heavy atom. The van der Waals surface area contributed by atoms with Crippen molar-refractivity contribution in [2.75, 3.05) is 11.5 Å². The summed E-state index contributed by atoms with van der Waals surface area (Å²) in [6, 6.07) is 0. The SMILES string of the molecule is CCCCC1=NC(=C2N=C(CCCC)CS2)SC1.[Ir+3]. The molecule has 0 aromatic carbocycles. The van der Waals surface area contributed by atoms with Gasteiger partial charge in [-0.25, -0.2) is 9.98 Å². The van der Waals surface area contributed by atoms with Gasteiger partial charge in [0.25, 0.3) is 0 Å². The van der Waals surface area contributed by atoms with E-state index < -0.39 is 0 Å². The molecule has 0 atom stereocenters. The van der Waals surface area contributed by atoms with Crippen molar-refractivity contribution >= 4 is 34.9 Å². The van der Waals surface area contributed by atoms with E-state index in [-0.39, 0.29) is 20.1 Å². The van der Waals surface area contributed by atoms with Gasteiger partial charge < -0.3 is 0 Å². The summed E-state index contributed by atoms with van der Waals surface area (Å²) in [7, 11) is 0. The molecule has 0 fully saturated rings. The Bertz CT molecular complexity index is 353. The zero-order chi connectivity index (χ0) is 12.8. The van der Waals surface area contributed by atoms with Crippen molar-refractivity contribution in [3.8, 4) is 0 Å². The number of unbranched alkanes of at least 4 members (excludes halogenated alkanes) is 2. The van der Waals surface area contributed by atoms with Crippen molar-refractivity contribution in [2.45, 2.75) is 52.4 Å². The molecule has 0 aromatic rings. The van der Waals surface area contributed by atoms with Crippen LogP contribution in [-0.2, 0) is 20.1 Å². The summed E-state index contributed by atoms with van der Waals surface area (Å²) in [5.74, 6) is 2.17. The summed E-state index contributed by atoms with van der Waals surface area (Å²) in [5.41, 5.74) is 2.73. The van der Waals surface area contributed by atoms with Gasteiger partial charge in [-0.05, 0) is 25.7 Å². The minimum atomic E-state index is 0. The van der Waals surface area contributed by atoms with E-state index in [0.29, 0.717) is 0 Å². The first-order chi connectivity index (χ1) is 8.83. The summed E-state index contributed by atoms with van der Waals surface area (Å²) in [4.78, 5) is 9.51. The van der Waals surface area contributed by atoms with E-state index in [9.17, 15) is 0 Å². The van der Waals surface area contributed by atoms with Crippen LogP contribution in [0.1, 0.15) is 52.4 Å².